The number of aliphatic hydroxyl groups is 1. The number of carbonyl (C=O) groups excluding carboxylic acids is 1. The molecule has 7 nitrogen and oxygen atoms in total. The van der Waals surface area contributed by atoms with E-state index in [0.29, 0.717) is 29.9 Å². The number of aliphatic carboxylic acids is 1. The molecule has 0 unspecified atom stereocenters. The largest absolute Gasteiger partial charge is 0.479 e. The van der Waals surface area contributed by atoms with Gasteiger partial charge < -0.3 is 24.1 Å². The maximum atomic E-state index is 10.9. The fraction of sp³-hybridized carbons (Fsp3) is 0.375. The summed E-state index contributed by atoms with van der Waals surface area (Å²) in [6.07, 6.45) is 0.743. The third-order valence-corrected chi connectivity index (χ3v) is 3.21. The van der Waals surface area contributed by atoms with Gasteiger partial charge >= 0.3 is 11.9 Å². The Morgan fingerprint density at radius 1 is 1.26 bits per heavy atom. The van der Waals surface area contributed by atoms with Crippen LogP contribution in [0.2, 0.25) is 0 Å². The highest BCUT2D eigenvalue weighted by molar-refractivity contribution is 5.87. The summed E-state index contributed by atoms with van der Waals surface area (Å²) in [7, 11) is 0. The molecule has 0 aliphatic rings. The van der Waals surface area contributed by atoms with Gasteiger partial charge in [0.1, 0.15) is 5.76 Å². The van der Waals surface area contributed by atoms with Crippen LogP contribution in [0.15, 0.2) is 22.6 Å². The number of benzene rings is 1. The van der Waals surface area contributed by atoms with E-state index in [-0.39, 0.29) is 19.2 Å². The van der Waals surface area contributed by atoms with Crippen LogP contribution in [-0.4, -0.2) is 42.0 Å². The number of aliphatic hydroxyl groups excluding tert-OH is 1. The number of para-hydroxylation sites is 1. The first-order valence-corrected chi connectivity index (χ1v) is 7.15. The lowest BCUT2D eigenvalue weighted by Gasteiger charge is -2.03. The zero-order valence-electron chi connectivity index (χ0n) is 12.7. The predicted octanol–water partition coefficient (Wildman–Crippen LogP) is 1.54. The summed E-state index contributed by atoms with van der Waals surface area (Å²) in [6.45, 7) is 0.956. The second-order valence-electron chi connectivity index (χ2n) is 4.88. The van der Waals surface area contributed by atoms with E-state index < -0.39 is 12.6 Å². The zero-order chi connectivity index (χ0) is 16.8. The van der Waals surface area contributed by atoms with E-state index >= 15 is 0 Å². The molecule has 23 heavy (non-hydrogen) atoms. The molecule has 1 aromatic carbocycles. The molecule has 0 amide bonds. The number of carboxylic acids is 1. The van der Waals surface area contributed by atoms with Crippen molar-refractivity contribution in [1.29, 1.82) is 0 Å². The number of esters is 1. The van der Waals surface area contributed by atoms with Crippen molar-refractivity contribution < 1.29 is 33.7 Å². The summed E-state index contributed by atoms with van der Waals surface area (Å²) in [4.78, 5) is 21.5. The van der Waals surface area contributed by atoms with Crippen LogP contribution in [0.1, 0.15) is 18.2 Å². The molecule has 0 aliphatic heterocycles. The second kappa shape index (κ2) is 7.64. The maximum Gasteiger partial charge on any atom is 0.341 e. The Labute approximate surface area is 132 Å². The van der Waals surface area contributed by atoms with Crippen molar-refractivity contribution in [3.8, 4) is 5.75 Å². The molecule has 0 atom stereocenters. The lowest BCUT2D eigenvalue weighted by atomic mass is 10.1. The van der Waals surface area contributed by atoms with Gasteiger partial charge in [-0.05, 0) is 12.5 Å². The van der Waals surface area contributed by atoms with Gasteiger partial charge in [0.25, 0.3) is 0 Å². The minimum atomic E-state index is -1.08. The molecule has 0 saturated heterocycles. The Kier molecular flexibility index (Phi) is 5.59. The summed E-state index contributed by atoms with van der Waals surface area (Å²) in [5.74, 6) is -0.556. The molecule has 1 aromatic heterocycles. The summed E-state index contributed by atoms with van der Waals surface area (Å²) >= 11 is 0. The van der Waals surface area contributed by atoms with Gasteiger partial charge in [-0.25, -0.2) is 4.79 Å². The standard InChI is InChI=1S/C16H18O7/c1-10(18)21-8-6-13-11(5-7-17)12-3-2-4-14(16(12)23-13)22-9-15(19)20/h2-4,17H,5-9H2,1H3,(H,19,20). The first-order valence-electron chi connectivity index (χ1n) is 7.15. The molecular formula is C16H18O7. The Morgan fingerprint density at radius 3 is 2.70 bits per heavy atom. The molecule has 0 aliphatic carbocycles. The van der Waals surface area contributed by atoms with Gasteiger partial charge in [0.15, 0.2) is 17.9 Å². The number of carboxylic acid groups (broad SMARTS) is 1. The molecule has 2 rings (SSSR count). The number of rotatable bonds is 8. The van der Waals surface area contributed by atoms with Crippen LogP contribution in [0.4, 0.5) is 0 Å². The third-order valence-electron chi connectivity index (χ3n) is 3.21. The molecule has 124 valence electrons. The Morgan fingerprint density at radius 2 is 2.04 bits per heavy atom. The van der Waals surface area contributed by atoms with Crippen LogP contribution in [0.5, 0.6) is 5.75 Å². The van der Waals surface area contributed by atoms with Gasteiger partial charge in [-0.1, -0.05) is 12.1 Å². The van der Waals surface area contributed by atoms with Crippen LogP contribution < -0.4 is 4.74 Å². The number of furan rings is 1. The average Bonchev–Trinajstić information content (AvgIpc) is 2.84. The number of hydrogen-bond acceptors (Lipinski definition) is 6. The van der Waals surface area contributed by atoms with Crippen LogP contribution >= 0.6 is 0 Å². The van der Waals surface area contributed by atoms with Gasteiger partial charge in [0, 0.05) is 30.9 Å². The lowest BCUT2D eigenvalue weighted by Crippen LogP contribution is -2.09. The van der Waals surface area contributed by atoms with Gasteiger partial charge in [0.05, 0.1) is 6.61 Å². The average molecular weight is 322 g/mol. The topological polar surface area (TPSA) is 106 Å². The fourth-order valence-electron chi connectivity index (χ4n) is 2.32. The van der Waals surface area contributed by atoms with Gasteiger partial charge in [0.2, 0.25) is 0 Å². The number of fused-ring (bicyclic) bond motifs is 1. The van der Waals surface area contributed by atoms with Gasteiger partial charge in [-0.2, -0.15) is 0 Å². The van der Waals surface area contributed by atoms with E-state index in [2.05, 4.69) is 0 Å². The lowest BCUT2D eigenvalue weighted by molar-refractivity contribution is -0.141. The second-order valence-corrected chi connectivity index (χ2v) is 4.88. The van der Waals surface area contributed by atoms with E-state index in [1.165, 1.54) is 6.92 Å². The van der Waals surface area contributed by atoms with Crippen LogP contribution in [0.25, 0.3) is 11.0 Å². The minimum Gasteiger partial charge on any atom is -0.479 e. The highest BCUT2D eigenvalue weighted by Gasteiger charge is 2.17. The van der Waals surface area contributed by atoms with Crippen molar-refractivity contribution in [2.75, 3.05) is 19.8 Å². The zero-order valence-corrected chi connectivity index (χ0v) is 12.7. The summed E-state index contributed by atoms with van der Waals surface area (Å²) in [5, 5.41) is 18.7. The highest BCUT2D eigenvalue weighted by Crippen LogP contribution is 2.33. The molecule has 7 heteroatoms. The summed E-state index contributed by atoms with van der Waals surface area (Å²) < 4.78 is 15.9. The van der Waals surface area contributed by atoms with Gasteiger partial charge in [-0.3, -0.25) is 4.79 Å². The molecule has 0 fully saturated rings. The normalized spacial score (nSPS) is 10.7. The first-order chi connectivity index (χ1) is 11.0. The van der Waals surface area contributed by atoms with E-state index in [0.717, 1.165) is 10.9 Å². The van der Waals surface area contributed by atoms with Gasteiger partial charge in [-0.15, -0.1) is 0 Å². The number of hydrogen-bond donors (Lipinski definition) is 2. The summed E-state index contributed by atoms with van der Waals surface area (Å²) in [5.41, 5.74) is 1.23. The van der Waals surface area contributed by atoms with Crippen molar-refractivity contribution in [1.82, 2.24) is 0 Å². The fourth-order valence-corrected chi connectivity index (χ4v) is 2.32. The molecule has 0 radical (unpaired) electrons. The molecule has 0 saturated carbocycles. The molecule has 0 spiro atoms. The molecule has 0 bridgehead atoms. The number of ether oxygens (including phenoxy) is 2. The third kappa shape index (κ3) is 4.23. The number of carbonyl (C=O) groups is 2. The van der Waals surface area contributed by atoms with E-state index in [1.54, 1.807) is 12.1 Å². The molecule has 2 aromatic rings. The van der Waals surface area contributed by atoms with Crippen LogP contribution in [-0.2, 0) is 27.2 Å². The summed E-state index contributed by atoms with van der Waals surface area (Å²) in [6, 6.07) is 5.16. The van der Waals surface area contributed by atoms with Crippen molar-refractivity contribution >= 4 is 22.9 Å². The smallest absolute Gasteiger partial charge is 0.341 e. The van der Waals surface area contributed by atoms with E-state index in [4.69, 9.17) is 19.0 Å². The first kappa shape index (κ1) is 16.8. The quantitative estimate of drug-likeness (QED) is 0.710. The van der Waals surface area contributed by atoms with Crippen molar-refractivity contribution in [3.63, 3.8) is 0 Å². The Balaban J connectivity index is 2.33. The van der Waals surface area contributed by atoms with Crippen molar-refractivity contribution in [2.45, 2.75) is 19.8 Å². The van der Waals surface area contributed by atoms with E-state index in [1.807, 2.05) is 6.07 Å². The minimum absolute atomic E-state index is 0.0601. The van der Waals surface area contributed by atoms with Crippen LogP contribution in [0, 0.1) is 0 Å². The van der Waals surface area contributed by atoms with Crippen LogP contribution in [0.3, 0.4) is 0 Å². The SMILES string of the molecule is CC(=O)OCCc1oc2c(OCC(=O)O)cccc2c1CCO. The van der Waals surface area contributed by atoms with Crippen molar-refractivity contribution in [3.05, 3.63) is 29.5 Å². The molecule has 1 heterocycles. The van der Waals surface area contributed by atoms with Crippen molar-refractivity contribution in [2.24, 2.45) is 0 Å². The maximum absolute atomic E-state index is 10.9. The predicted molar refractivity (Wildman–Crippen MR) is 80.5 cm³/mol. The van der Waals surface area contributed by atoms with E-state index in [9.17, 15) is 14.7 Å². The monoisotopic (exact) mass is 322 g/mol. The highest BCUT2D eigenvalue weighted by atomic mass is 16.5. The molecule has 2 N–H and O–H groups in total. The Hall–Kier alpha value is -2.54. The molecular weight excluding hydrogens is 304 g/mol. The Bertz CT molecular complexity index is 702.